The minimum Gasteiger partial charge on any atom is -0.365 e. The first-order valence-corrected chi connectivity index (χ1v) is 6.66. The van der Waals surface area contributed by atoms with Crippen LogP contribution in [-0.2, 0) is 6.54 Å². The lowest BCUT2D eigenvalue weighted by Gasteiger charge is -2.07. The van der Waals surface area contributed by atoms with Crippen molar-refractivity contribution in [1.82, 2.24) is 9.97 Å². The van der Waals surface area contributed by atoms with Crippen molar-refractivity contribution in [3.05, 3.63) is 37.8 Å². The number of nitrogens with zero attached hydrogens (tertiary/aromatic N) is 2. The van der Waals surface area contributed by atoms with Gasteiger partial charge in [-0.1, -0.05) is 11.6 Å². The number of aromatic nitrogens is 2. The summed E-state index contributed by atoms with van der Waals surface area (Å²) in [4.78, 5) is 9.29. The summed E-state index contributed by atoms with van der Waals surface area (Å²) >= 11 is 11.1. The van der Waals surface area contributed by atoms with Crippen LogP contribution >= 0.6 is 38.9 Å². The third kappa shape index (κ3) is 2.53. The molecule has 0 aliphatic heterocycles. The summed E-state index contributed by atoms with van der Waals surface area (Å²) in [7, 11) is 0. The fraction of sp³-hybridized carbons (Fsp3) is 0.200. The lowest BCUT2D eigenvalue weighted by molar-refractivity contribution is 1.07. The minimum absolute atomic E-state index is 0.489. The maximum Gasteiger partial charge on any atom is 0.137 e. The Morgan fingerprint density at radius 2 is 2.31 bits per heavy atom. The molecular weight excluding hydrogens is 310 g/mol. The SMILES string of the molecule is Cc1c(Cl)ncnc1NCc1sccc1Br. The molecule has 0 fully saturated rings. The first kappa shape index (κ1) is 11.8. The molecule has 2 heterocycles. The van der Waals surface area contributed by atoms with Crippen molar-refractivity contribution in [2.24, 2.45) is 0 Å². The second-order valence-corrected chi connectivity index (χ2v) is 5.40. The largest absolute Gasteiger partial charge is 0.365 e. The smallest absolute Gasteiger partial charge is 0.137 e. The van der Waals surface area contributed by atoms with Gasteiger partial charge in [-0.3, -0.25) is 0 Å². The Morgan fingerprint density at radius 1 is 1.50 bits per heavy atom. The van der Waals surface area contributed by atoms with E-state index >= 15 is 0 Å². The second kappa shape index (κ2) is 5.12. The fourth-order valence-corrected chi connectivity index (χ4v) is 2.79. The van der Waals surface area contributed by atoms with Gasteiger partial charge in [-0.25, -0.2) is 9.97 Å². The molecule has 2 aromatic rings. The number of anilines is 1. The van der Waals surface area contributed by atoms with Gasteiger partial charge in [0, 0.05) is 14.9 Å². The van der Waals surface area contributed by atoms with E-state index in [2.05, 4.69) is 31.2 Å². The maximum atomic E-state index is 5.91. The van der Waals surface area contributed by atoms with Gasteiger partial charge in [0.05, 0.1) is 6.54 Å². The summed E-state index contributed by atoms with van der Waals surface area (Å²) in [6.45, 7) is 2.63. The van der Waals surface area contributed by atoms with E-state index in [0.717, 1.165) is 22.4 Å². The van der Waals surface area contributed by atoms with E-state index in [1.807, 2.05) is 18.4 Å². The van der Waals surface area contributed by atoms with Crippen LogP contribution in [-0.4, -0.2) is 9.97 Å². The Morgan fingerprint density at radius 3 is 3.00 bits per heavy atom. The molecule has 6 heteroatoms. The third-order valence-electron chi connectivity index (χ3n) is 2.13. The van der Waals surface area contributed by atoms with Crippen LogP contribution in [0, 0.1) is 6.92 Å². The second-order valence-electron chi connectivity index (χ2n) is 3.18. The van der Waals surface area contributed by atoms with Crippen LogP contribution in [0.1, 0.15) is 10.4 Å². The molecule has 0 aromatic carbocycles. The van der Waals surface area contributed by atoms with E-state index in [0.29, 0.717) is 5.15 Å². The van der Waals surface area contributed by atoms with Gasteiger partial charge in [0.1, 0.15) is 17.3 Å². The van der Waals surface area contributed by atoms with Gasteiger partial charge in [-0.05, 0) is 34.3 Å². The van der Waals surface area contributed by atoms with Gasteiger partial charge in [-0.2, -0.15) is 0 Å². The predicted molar refractivity (Wildman–Crippen MR) is 71.1 cm³/mol. The molecule has 0 aliphatic carbocycles. The topological polar surface area (TPSA) is 37.8 Å². The Labute approximate surface area is 111 Å². The lowest BCUT2D eigenvalue weighted by atomic mass is 10.3. The van der Waals surface area contributed by atoms with Crippen LogP contribution in [0.25, 0.3) is 0 Å². The van der Waals surface area contributed by atoms with Crippen LogP contribution in [0.4, 0.5) is 5.82 Å². The zero-order chi connectivity index (χ0) is 11.5. The molecule has 0 atom stereocenters. The summed E-state index contributed by atoms with van der Waals surface area (Å²) in [6.07, 6.45) is 1.46. The van der Waals surface area contributed by atoms with Gasteiger partial charge < -0.3 is 5.32 Å². The molecule has 2 aromatic heterocycles. The molecule has 84 valence electrons. The number of thiophene rings is 1. The van der Waals surface area contributed by atoms with E-state index in [4.69, 9.17) is 11.6 Å². The zero-order valence-electron chi connectivity index (χ0n) is 8.50. The number of nitrogens with one attached hydrogen (secondary N) is 1. The normalized spacial score (nSPS) is 10.4. The molecule has 0 unspecified atom stereocenters. The molecule has 0 spiro atoms. The standard InChI is InChI=1S/C10H9BrClN3S/c1-6-9(12)14-5-15-10(6)13-4-8-7(11)2-3-16-8/h2-3,5H,4H2,1H3,(H,13,14,15). The van der Waals surface area contributed by atoms with Crippen LogP contribution in [0.5, 0.6) is 0 Å². The van der Waals surface area contributed by atoms with Crippen molar-refractivity contribution in [2.75, 3.05) is 5.32 Å². The van der Waals surface area contributed by atoms with E-state index in [1.165, 1.54) is 11.2 Å². The van der Waals surface area contributed by atoms with Crippen LogP contribution in [0.2, 0.25) is 5.15 Å². The summed E-state index contributed by atoms with van der Waals surface area (Å²) in [6, 6.07) is 2.03. The summed E-state index contributed by atoms with van der Waals surface area (Å²) in [5.74, 6) is 0.778. The number of hydrogen-bond donors (Lipinski definition) is 1. The zero-order valence-corrected chi connectivity index (χ0v) is 11.7. The maximum absolute atomic E-state index is 5.91. The monoisotopic (exact) mass is 317 g/mol. The molecule has 0 aliphatic rings. The van der Waals surface area contributed by atoms with Gasteiger partial charge in [0.25, 0.3) is 0 Å². The average molecular weight is 319 g/mol. The number of hydrogen-bond acceptors (Lipinski definition) is 4. The molecule has 0 saturated carbocycles. The van der Waals surface area contributed by atoms with Crippen LogP contribution in [0.3, 0.4) is 0 Å². The Hall–Kier alpha value is -0.650. The average Bonchev–Trinajstić information content (AvgIpc) is 2.67. The quantitative estimate of drug-likeness (QED) is 0.873. The van der Waals surface area contributed by atoms with E-state index in [1.54, 1.807) is 11.3 Å². The fourth-order valence-electron chi connectivity index (χ4n) is 1.22. The Kier molecular flexibility index (Phi) is 3.78. The highest BCUT2D eigenvalue weighted by molar-refractivity contribution is 9.10. The summed E-state index contributed by atoms with van der Waals surface area (Å²) in [5, 5.41) is 5.77. The summed E-state index contributed by atoms with van der Waals surface area (Å²) in [5.41, 5.74) is 0.872. The molecule has 2 rings (SSSR count). The number of rotatable bonds is 3. The van der Waals surface area contributed by atoms with Crippen molar-refractivity contribution in [3.8, 4) is 0 Å². The van der Waals surface area contributed by atoms with E-state index in [9.17, 15) is 0 Å². The van der Waals surface area contributed by atoms with Crippen LogP contribution in [0.15, 0.2) is 22.2 Å². The van der Waals surface area contributed by atoms with Gasteiger partial charge in [0.2, 0.25) is 0 Å². The minimum atomic E-state index is 0.489. The Balaban J connectivity index is 2.11. The van der Waals surface area contributed by atoms with Crippen molar-refractivity contribution >= 4 is 44.7 Å². The predicted octanol–water partition coefficient (Wildman–Crippen LogP) is 3.87. The molecule has 0 bridgehead atoms. The number of halogens is 2. The molecule has 3 nitrogen and oxygen atoms in total. The summed E-state index contributed by atoms with van der Waals surface area (Å²) < 4.78 is 1.11. The molecule has 0 radical (unpaired) electrons. The molecule has 0 saturated heterocycles. The van der Waals surface area contributed by atoms with Crippen molar-refractivity contribution in [3.63, 3.8) is 0 Å². The highest BCUT2D eigenvalue weighted by Gasteiger charge is 2.06. The van der Waals surface area contributed by atoms with E-state index < -0.39 is 0 Å². The van der Waals surface area contributed by atoms with Crippen molar-refractivity contribution in [1.29, 1.82) is 0 Å². The van der Waals surface area contributed by atoms with E-state index in [-0.39, 0.29) is 0 Å². The van der Waals surface area contributed by atoms with Crippen molar-refractivity contribution in [2.45, 2.75) is 13.5 Å². The highest BCUT2D eigenvalue weighted by Crippen LogP contribution is 2.24. The lowest BCUT2D eigenvalue weighted by Crippen LogP contribution is -2.03. The first-order chi connectivity index (χ1) is 7.68. The molecular formula is C10H9BrClN3S. The molecule has 1 N–H and O–H groups in total. The Bertz CT molecular complexity index is 501. The van der Waals surface area contributed by atoms with Crippen LogP contribution < -0.4 is 5.32 Å². The van der Waals surface area contributed by atoms with Gasteiger partial charge in [-0.15, -0.1) is 11.3 Å². The van der Waals surface area contributed by atoms with Gasteiger partial charge >= 0.3 is 0 Å². The third-order valence-corrected chi connectivity index (χ3v) is 4.44. The van der Waals surface area contributed by atoms with Gasteiger partial charge in [0.15, 0.2) is 0 Å². The molecule has 16 heavy (non-hydrogen) atoms. The molecule has 0 amide bonds. The highest BCUT2D eigenvalue weighted by atomic mass is 79.9. The first-order valence-electron chi connectivity index (χ1n) is 4.61. The van der Waals surface area contributed by atoms with Crippen molar-refractivity contribution < 1.29 is 0 Å².